The van der Waals surface area contributed by atoms with Crippen LogP contribution in [-0.2, 0) is 0 Å². The predicted molar refractivity (Wildman–Crippen MR) is 86.9 cm³/mol. The molecule has 0 N–H and O–H groups in total. The Kier molecular flexibility index (Phi) is 8.36. The first-order chi connectivity index (χ1) is 9.39. The summed E-state index contributed by atoms with van der Waals surface area (Å²) >= 11 is 0. The molecule has 1 rings (SSSR count). The van der Waals surface area contributed by atoms with Gasteiger partial charge in [-0.1, -0.05) is 109 Å². The molecular weight excluding hydrogens is 228 g/mol. The van der Waals surface area contributed by atoms with E-state index in [-0.39, 0.29) is 0 Å². The van der Waals surface area contributed by atoms with Crippen molar-refractivity contribution < 1.29 is 0 Å². The smallest absolute Gasteiger partial charge is 0.0100 e. The highest BCUT2D eigenvalue weighted by Gasteiger charge is 1.81. The van der Waals surface area contributed by atoms with Gasteiger partial charge in [0.1, 0.15) is 0 Å². The van der Waals surface area contributed by atoms with Crippen LogP contribution in [0.25, 0.3) is 0 Å². The van der Waals surface area contributed by atoms with Gasteiger partial charge in [0.15, 0.2) is 0 Å². The van der Waals surface area contributed by atoms with Gasteiger partial charge in [-0.15, -0.1) is 0 Å². The van der Waals surface area contributed by atoms with Crippen LogP contribution < -0.4 is 0 Å². The molecule has 0 heterocycles. The maximum absolute atomic E-state index is 4.00. The van der Waals surface area contributed by atoms with E-state index < -0.39 is 0 Å². The topological polar surface area (TPSA) is 0 Å². The summed E-state index contributed by atoms with van der Waals surface area (Å²) in [7, 11) is 0. The summed E-state index contributed by atoms with van der Waals surface area (Å²) < 4.78 is 0. The van der Waals surface area contributed by atoms with Crippen molar-refractivity contribution in [1.82, 2.24) is 0 Å². The van der Waals surface area contributed by atoms with E-state index in [1.807, 2.05) is 91.1 Å². The fourth-order valence-corrected chi connectivity index (χ4v) is 1.33. The van der Waals surface area contributed by atoms with E-state index in [1.165, 1.54) is 0 Å². The molecule has 0 aromatic carbocycles. The third-order valence-corrected chi connectivity index (χ3v) is 2.29. The molecule has 0 aromatic heterocycles. The molecule has 0 saturated heterocycles. The van der Waals surface area contributed by atoms with Gasteiger partial charge in [-0.2, -0.15) is 0 Å². The van der Waals surface area contributed by atoms with Gasteiger partial charge in [0.05, 0.1) is 0 Å². The van der Waals surface area contributed by atoms with Crippen LogP contribution in [0.3, 0.4) is 0 Å². The Hall–Kier alpha value is -2.34. The Morgan fingerprint density at radius 3 is 1.37 bits per heavy atom. The first-order valence-electron chi connectivity index (χ1n) is 6.40. The summed E-state index contributed by atoms with van der Waals surface area (Å²) in [6, 6.07) is 0. The molecule has 0 aliphatic heterocycles. The highest BCUT2D eigenvalue weighted by molar-refractivity contribution is 5.25. The normalized spacial score (nSPS) is 30.2. The second-order valence-electron chi connectivity index (χ2n) is 3.96. The molecule has 0 amide bonds. The molecule has 0 fully saturated rings. The highest BCUT2D eigenvalue weighted by atomic mass is 13.9. The van der Waals surface area contributed by atoms with E-state index in [0.29, 0.717) is 0 Å². The third kappa shape index (κ3) is 9.37. The van der Waals surface area contributed by atoms with Gasteiger partial charge in [-0.25, -0.2) is 0 Å². The zero-order valence-electron chi connectivity index (χ0n) is 11.2. The van der Waals surface area contributed by atoms with E-state index in [4.69, 9.17) is 0 Å². The van der Waals surface area contributed by atoms with Crippen molar-refractivity contribution in [1.29, 1.82) is 0 Å². The van der Waals surface area contributed by atoms with Crippen molar-refractivity contribution in [2.45, 2.75) is 6.42 Å². The summed E-state index contributed by atoms with van der Waals surface area (Å²) in [6.45, 7) is 4.00. The molecular formula is C19H20. The fraction of sp³-hybridized carbons (Fsp3) is 0.0526. The lowest BCUT2D eigenvalue weighted by molar-refractivity contribution is 1.30. The van der Waals surface area contributed by atoms with E-state index in [9.17, 15) is 0 Å². The average molecular weight is 248 g/mol. The number of hydrogen-bond acceptors (Lipinski definition) is 0. The molecule has 0 heteroatoms. The van der Waals surface area contributed by atoms with Crippen LogP contribution in [-0.4, -0.2) is 0 Å². The monoisotopic (exact) mass is 248 g/mol. The predicted octanol–water partition coefficient (Wildman–Crippen LogP) is 5.40. The van der Waals surface area contributed by atoms with Crippen molar-refractivity contribution in [3.8, 4) is 0 Å². The van der Waals surface area contributed by atoms with Gasteiger partial charge in [0.25, 0.3) is 0 Å². The Bertz CT molecular complexity index is 486. The molecule has 0 nitrogen and oxygen atoms in total. The van der Waals surface area contributed by atoms with Crippen LogP contribution in [0.15, 0.2) is 109 Å². The van der Waals surface area contributed by atoms with E-state index in [0.717, 1.165) is 12.0 Å². The number of allylic oxidation sites excluding steroid dienone is 17. The Morgan fingerprint density at radius 2 is 0.895 bits per heavy atom. The first kappa shape index (κ1) is 14.7. The maximum Gasteiger partial charge on any atom is -0.0100 e. The Morgan fingerprint density at radius 1 is 0.526 bits per heavy atom. The minimum atomic E-state index is 0.872. The van der Waals surface area contributed by atoms with E-state index in [1.54, 1.807) is 0 Å². The second kappa shape index (κ2) is 10.8. The summed E-state index contributed by atoms with van der Waals surface area (Å²) in [5.41, 5.74) is 1.10. The molecule has 0 spiro atoms. The third-order valence-electron chi connectivity index (χ3n) is 2.29. The molecule has 1 aliphatic carbocycles. The van der Waals surface area contributed by atoms with Crippen LogP contribution >= 0.6 is 0 Å². The van der Waals surface area contributed by atoms with Crippen LogP contribution in [0.5, 0.6) is 0 Å². The largest absolute Gasteiger partial charge is 0.0955 e. The standard InChI is InChI=1S/C19H20/c1-19-17-15-13-11-9-7-5-3-2-4-6-8-10-12-14-16-18-19/h2-17H,1,18H2/b4-2+,5-3-,8-6+,9-7+,12-10+,13-11+,16-14-,17-15-. The second-order valence-corrected chi connectivity index (χ2v) is 3.96. The van der Waals surface area contributed by atoms with Gasteiger partial charge in [-0.05, 0) is 6.42 Å². The molecule has 19 heavy (non-hydrogen) atoms. The average Bonchev–Trinajstić information content (AvgIpc) is 2.41. The fourth-order valence-electron chi connectivity index (χ4n) is 1.33. The van der Waals surface area contributed by atoms with Crippen molar-refractivity contribution in [2.24, 2.45) is 0 Å². The van der Waals surface area contributed by atoms with Gasteiger partial charge in [0, 0.05) is 0 Å². The molecule has 0 bridgehead atoms. The van der Waals surface area contributed by atoms with Crippen molar-refractivity contribution in [3.05, 3.63) is 109 Å². The van der Waals surface area contributed by atoms with Crippen molar-refractivity contribution >= 4 is 0 Å². The molecule has 0 radical (unpaired) electrons. The van der Waals surface area contributed by atoms with Crippen LogP contribution in [0.1, 0.15) is 6.42 Å². The van der Waals surface area contributed by atoms with Crippen molar-refractivity contribution in [3.63, 3.8) is 0 Å². The number of rotatable bonds is 0. The summed E-state index contributed by atoms with van der Waals surface area (Å²) in [6.07, 6.45) is 33.1. The van der Waals surface area contributed by atoms with Crippen LogP contribution in [0, 0.1) is 0 Å². The van der Waals surface area contributed by atoms with Crippen molar-refractivity contribution in [2.75, 3.05) is 0 Å². The molecule has 96 valence electrons. The van der Waals surface area contributed by atoms with Crippen LogP contribution in [0.2, 0.25) is 0 Å². The van der Waals surface area contributed by atoms with Crippen LogP contribution in [0.4, 0.5) is 0 Å². The molecule has 1 aliphatic rings. The lowest BCUT2D eigenvalue weighted by Crippen LogP contribution is -1.70. The van der Waals surface area contributed by atoms with Gasteiger partial charge in [-0.3, -0.25) is 0 Å². The molecule has 0 atom stereocenters. The van der Waals surface area contributed by atoms with E-state index in [2.05, 4.69) is 12.7 Å². The summed E-state index contributed by atoms with van der Waals surface area (Å²) in [5.74, 6) is 0. The SMILES string of the molecule is C=C1\C=C/C=C/C=C/C=C\C=C\C=C\C=C\C=C/C1. The number of hydrogen-bond donors (Lipinski definition) is 0. The van der Waals surface area contributed by atoms with Gasteiger partial charge >= 0.3 is 0 Å². The molecule has 0 aromatic rings. The molecule has 0 unspecified atom stereocenters. The summed E-state index contributed by atoms with van der Waals surface area (Å²) in [5, 5.41) is 0. The minimum Gasteiger partial charge on any atom is -0.0955 e. The maximum atomic E-state index is 4.00. The van der Waals surface area contributed by atoms with E-state index >= 15 is 0 Å². The Labute approximate surface area is 116 Å². The zero-order chi connectivity index (χ0) is 13.6. The quantitative estimate of drug-likeness (QED) is 0.538. The van der Waals surface area contributed by atoms with Gasteiger partial charge in [0.2, 0.25) is 0 Å². The highest BCUT2D eigenvalue weighted by Crippen LogP contribution is 2.01. The Balaban J connectivity index is 2.69. The minimum absolute atomic E-state index is 0.872. The first-order valence-corrected chi connectivity index (χ1v) is 6.40. The molecule has 0 saturated carbocycles. The zero-order valence-corrected chi connectivity index (χ0v) is 11.2. The van der Waals surface area contributed by atoms with Gasteiger partial charge < -0.3 is 0 Å². The summed E-state index contributed by atoms with van der Waals surface area (Å²) in [4.78, 5) is 0. The lowest BCUT2D eigenvalue weighted by Gasteiger charge is -1.90. The lowest BCUT2D eigenvalue weighted by atomic mass is 10.2.